The zero-order valence-electron chi connectivity index (χ0n) is 11.8. The van der Waals surface area contributed by atoms with Gasteiger partial charge in [0.2, 0.25) is 5.95 Å². The first-order valence-electron chi connectivity index (χ1n) is 7.11. The van der Waals surface area contributed by atoms with E-state index in [9.17, 15) is 0 Å². The standard InChI is InChI=1S/C13H21N7/c1-20-6-3-9(4-7-20)2-5-15-11-10-8-16-19-12(10)18-13(14)17-11/h8-9H,2-7H2,1H3,(H4,14,15,16,17,18,19). The minimum Gasteiger partial charge on any atom is -0.369 e. The molecule has 3 heterocycles. The highest BCUT2D eigenvalue weighted by Crippen LogP contribution is 2.21. The van der Waals surface area contributed by atoms with E-state index in [2.05, 4.69) is 37.4 Å². The quantitative estimate of drug-likeness (QED) is 0.772. The van der Waals surface area contributed by atoms with Crippen molar-refractivity contribution in [2.75, 3.05) is 37.7 Å². The highest BCUT2D eigenvalue weighted by Gasteiger charge is 2.16. The molecule has 1 saturated heterocycles. The van der Waals surface area contributed by atoms with Crippen LogP contribution in [0.15, 0.2) is 6.20 Å². The van der Waals surface area contributed by atoms with Crippen LogP contribution in [-0.2, 0) is 0 Å². The van der Waals surface area contributed by atoms with Crippen molar-refractivity contribution in [3.05, 3.63) is 6.20 Å². The van der Waals surface area contributed by atoms with Crippen molar-refractivity contribution in [3.8, 4) is 0 Å². The summed E-state index contributed by atoms with van der Waals surface area (Å²) in [5, 5.41) is 11.1. The predicted octanol–water partition coefficient (Wildman–Crippen LogP) is 1.08. The van der Waals surface area contributed by atoms with Crippen molar-refractivity contribution in [1.82, 2.24) is 25.1 Å². The zero-order chi connectivity index (χ0) is 13.9. The molecule has 4 N–H and O–H groups in total. The van der Waals surface area contributed by atoms with Crippen LogP contribution in [0.5, 0.6) is 0 Å². The SMILES string of the molecule is CN1CCC(CCNc2nc(N)nc3[nH]ncc23)CC1. The fourth-order valence-corrected chi connectivity index (χ4v) is 2.73. The molecule has 1 aliphatic rings. The highest BCUT2D eigenvalue weighted by molar-refractivity contribution is 5.86. The average Bonchev–Trinajstić information content (AvgIpc) is 2.89. The van der Waals surface area contributed by atoms with E-state index in [-0.39, 0.29) is 5.95 Å². The number of nitrogens with one attached hydrogen (secondary N) is 2. The number of rotatable bonds is 4. The van der Waals surface area contributed by atoms with E-state index in [1.165, 1.54) is 25.9 Å². The van der Waals surface area contributed by atoms with Gasteiger partial charge < -0.3 is 16.0 Å². The van der Waals surface area contributed by atoms with Gasteiger partial charge in [-0.1, -0.05) is 0 Å². The maximum Gasteiger partial charge on any atom is 0.224 e. The van der Waals surface area contributed by atoms with Gasteiger partial charge in [-0.25, -0.2) is 0 Å². The lowest BCUT2D eigenvalue weighted by atomic mass is 9.94. The molecule has 0 spiro atoms. The van der Waals surface area contributed by atoms with Crippen LogP contribution in [0.25, 0.3) is 11.0 Å². The molecule has 1 aliphatic heterocycles. The molecule has 3 rings (SSSR count). The Morgan fingerprint density at radius 3 is 3.00 bits per heavy atom. The molecule has 0 aromatic carbocycles. The van der Waals surface area contributed by atoms with E-state index < -0.39 is 0 Å². The third-order valence-corrected chi connectivity index (χ3v) is 4.01. The molecule has 0 atom stereocenters. The minimum absolute atomic E-state index is 0.267. The normalized spacial score (nSPS) is 17.6. The molecule has 2 aromatic rings. The average molecular weight is 275 g/mol. The van der Waals surface area contributed by atoms with Gasteiger partial charge in [-0.3, -0.25) is 5.10 Å². The summed E-state index contributed by atoms with van der Waals surface area (Å²) in [6.07, 6.45) is 5.46. The molecular formula is C13H21N7. The number of nitrogens with two attached hydrogens (primary N) is 1. The Kier molecular flexibility index (Phi) is 3.68. The first kappa shape index (κ1) is 13.1. The zero-order valence-corrected chi connectivity index (χ0v) is 11.8. The molecule has 20 heavy (non-hydrogen) atoms. The first-order chi connectivity index (χ1) is 9.72. The Balaban J connectivity index is 1.58. The molecule has 0 unspecified atom stereocenters. The third kappa shape index (κ3) is 2.82. The summed E-state index contributed by atoms with van der Waals surface area (Å²) in [5.41, 5.74) is 6.38. The number of H-pyrrole nitrogens is 1. The number of likely N-dealkylation sites (tertiary alicyclic amines) is 1. The summed E-state index contributed by atoms with van der Waals surface area (Å²) in [5.74, 6) is 1.84. The van der Waals surface area contributed by atoms with E-state index in [4.69, 9.17) is 5.73 Å². The molecule has 7 nitrogen and oxygen atoms in total. The predicted molar refractivity (Wildman–Crippen MR) is 79.4 cm³/mol. The number of hydrogen-bond acceptors (Lipinski definition) is 6. The number of aromatic amines is 1. The number of nitrogens with zero attached hydrogens (tertiary/aromatic N) is 4. The fourth-order valence-electron chi connectivity index (χ4n) is 2.73. The molecule has 0 saturated carbocycles. The van der Waals surface area contributed by atoms with Gasteiger partial charge in [0.25, 0.3) is 0 Å². The van der Waals surface area contributed by atoms with E-state index in [0.29, 0.717) is 5.65 Å². The van der Waals surface area contributed by atoms with Gasteiger partial charge in [0, 0.05) is 6.54 Å². The third-order valence-electron chi connectivity index (χ3n) is 4.01. The van der Waals surface area contributed by atoms with Crippen LogP contribution in [0.4, 0.5) is 11.8 Å². The van der Waals surface area contributed by atoms with Crippen molar-refractivity contribution in [2.45, 2.75) is 19.3 Å². The topological polar surface area (TPSA) is 95.7 Å². The summed E-state index contributed by atoms with van der Waals surface area (Å²) in [4.78, 5) is 10.8. The van der Waals surface area contributed by atoms with Crippen LogP contribution in [0.3, 0.4) is 0 Å². The largest absolute Gasteiger partial charge is 0.369 e. The van der Waals surface area contributed by atoms with Crippen LogP contribution in [-0.4, -0.2) is 51.7 Å². The molecule has 2 aromatic heterocycles. The smallest absolute Gasteiger partial charge is 0.224 e. The lowest BCUT2D eigenvalue weighted by Crippen LogP contribution is -2.30. The van der Waals surface area contributed by atoms with Gasteiger partial charge in [0.15, 0.2) is 5.65 Å². The Morgan fingerprint density at radius 1 is 1.40 bits per heavy atom. The molecule has 7 heteroatoms. The lowest BCUT2D eigenvalue weighted by Gasteiger charge is -2.28. The number of hydrogen-bond donors (Lipinski definition) is 3. The Bertz CT molecular complexity index is 571. The summed E-state index contributed by atoms with van der Waals surface area (Å²) >= 11 is 0. The van der Waals surface area contributed by atoms with Crippen molar-refractivity contribution >= 4 is 22.8 Å². The second-order valence-electron chi connectivity index (χ2n) is 5.52. The Labute approximate surface area is 118 Å². The molecule has 0 amide bonds. The maximum absolute atomic E-state index is 5.70. The van der Waals surface area contributed by atoms with Crippen LogP contribution in [0, 0.1) is 5.92 Å². The molecule has 0 aliphatic carbocycles. The molecule has 108 valence electrons. The summed E-state index contributed by atoms with van der Waals surface area (Å²) in [6, 6.07) is 0. The van der Waals surface area contributed by atoms with Crippen LogP contribution in [0.2, 0.25) is 0 Å². The van der Waals surface area contributed by atoms with E-state index in [0.717, 1.165) is 30.1 Å². The summed E-state index contributed by atoms with van der Waals surface area (Å²) < 4.78 is 0. The summed E-state index contributed by atoms with van der Waals surface area (Å²) in [6.45, 7) is 3.32. The second-order valence-corrected chi connectivity index (χ2v) is 5.52. The van der Waals surface area contributed by atoms with Gasteiger partial charge >= 0.3 is 0 Å². The van der Waals surface area contributed by atoms with Crippen molar-refractivity contribution in [3.63, 3.8) is 0 Å². The molecule has 0 radical (unpaired) electrons. The molecule has 1 fully saturated rings. The highest BCUT2D eigenvalue weighted by atomic mass is 15.2. The second kappa shape index (κ2) is 5.62. The Morgan fingerprint density at radius 2 is 2.20 bits per heavy atom. The number of nitrogen functional groups attached to an aromatic ring is 1. The minimum atomic E-state index is 0.267. The lowest BCUT2D eigenvalue weighted by molar-refractivity contribution is 0.215. The summed E-state index contributed by atoms with van der Waals surface area (Å²) in [7, 11) is 2.19. The maximum atomic E-state index is 5.70. The monoisotopic (exact) mass is 275 g/mol. The van der Waals surface area contributed by atoms with Crippen LogP contribution >= 0.6 is 0 Å². The van der Waals surface area contributed by atoms with E-state index >= 15 is 0 Å². The van der Waals surface area contributed by atoms with Crippen molar-refractivity contribution in [1.29, 1.82) is 0 Å². The number of anilines is 2. The van der Waals surface area contributed by atoms with Gasteiger partial charge in [0.1, 0.15) is 5.82 Å². The van der Waals surface area contributed by atoms with E-state index in [1.54, 1.807) is 6.20 Å². The number of fused-ring (bicyclic) bond motifs is 1. The fraction of sp³-hybridized carbons (Fsp3) is 0.615. The van der Waals surface area contributed by atoms with Crippen LogP contribution < -0.4 is 11.1 Å². The van der Waals surface area contributed by atoms with Crippen LogP contribution in [0.1, 0.15) is 19.3 Å². The first-order valence-corrected chi connectivity index (χ1v) is 7.11. The Hall–Kier alpha value is -1.89. The number of piperidine rings is 1. The van der Waals surface area contributed by atoms with E-state index in [1.807, 2.05) is 0 Å². The van der Waals surface area contributed by atoms with Gasteiger partial charge in [-0.05, 0) is 45.3 Å². The van der Waals surface area contributed by atoms with Crippen molar-refractivity contribution < 1.29 is 0 Å². The van der Waals surface area contributed by atoms with Gasteiger partial charge in [0.05, 0.1) is 11.6 Å². The number of aromatic nitrogens is 4. The van der Waals surface area contributed by atoms with Gasteiger partial charge in [-0.2, -0.15) is 15.1 Å². The molecule has 0 bridgehead atoms. The van der Waals surface area contributed by atoms with Gasteiger partial charge in [-0.15, -0.1) is 0 Å². The van der Waals surface area contributed by atoms with Crippen molar-refractivity contribution in [2.24, 2.45) is 5.92 Å². The molecular weight excluding hydrogens is 254 g/mol.